The Hall–Kier alpha value is -2.08. The van der Waals surface area contributed by atoms with Gasteiger partial charge in [-0.15, -0.1) is 0 Å². The van der Waals surface area contributed by atoms with Crippen molar-refractivity contribution in [2.75, 3.05) is 32.8 Å². The van der Waals surface area contributed by atoms with Gasteiger partial charge in [-0.05, 0) is 38.7 Å². The topological polar surface area (TPSA) is 70.1 Å². The van der Waals surface area contributed by atoms with Gasteiger partial charge >= 0.3 is 5.97 Å². The molecule has 0 aromatic heterocycles. The van der Waals surface area contributed by atoms with Crippen LogP contribution in [0.4, 0.5) is 0 Å². The molecule has 2 fully saturated rings. The summed E-state index contributed by atoms with van der Waals surface area (Å²) < 4.78 is 5.64. The molecule has 3 rings (SSSR count). The van der Waals surface area contributed by atoms with Gasteiger partial charge in [0.25, 0.3) is 0 Å². The van der Waals surface area contributed by atoms with E-state index in [2.05, 4.69) is 0 Å². The van der Waals surface area contributed by atoms with Crippen molar-refractivity contribution in [1.29, 1.82) is 0 Å². The van der Waals surface area contributed by atoms with E-state index in [1.807, 2.05) is 41.0 Å². The molecule has 2 saturated heterocycles. The molecular formula is C20H28N2O4. The number of hydrogen-bond donors (Lipinski definition) is 1. The molecule has 0 bridgehead atoms. The third-order valence-electron chi connectivity index (χ3n) is 5.41. The maximum Gasteiger partial charge on any atom is 0.325 e. The zero-order valence-corrected chi connectivity index (χ0v) is 15.4. The standard InChI is InChI=1S/C20H28N2O4/c1-2-26-17-8-4-3-7-16(17)18(20(24)25)21-13-9-15(10-14-21)19(23)22-11-5-6-12-22/h3-4,7-8,15,18H,2,5-6,9-14H2,1H3,(H,24,25)/t18-/m0/s1. The third-order valence-corrected chi connectivity index (χ3v) is 5.41. The molecule has 1 aromatic rings. The summed E-state index contributed by atoms with van der Waals surface area (Å²) >= 11 is 0. The van der Waals surface area contributed by atoms with E-state index >= 15 is 0 Å². The van der Waals surface area contributed by atoms with Crippen LogP contribution in [0.5, 0.6) is 5.75 Å². The number of ether oxygens (including phenoxy) is 1. The molecule has 142 valence electrons. The smallest absolute Gasteiger partial charge is 0.325 e. The first-order valence-electron chi connectivity index (χ1n) is 9.59. The predicted molar refractivity (Wildman–Crippen MR) is 98.1 cm³/mol. The van der Waals surface area contributed by atoms with Gasteiger partial charge < -0.3 is 14.7 Å². The number of amides is 1. The fourth-order valence-corrected chi connectivity index (χ4v) is 4.08. The molecule has 1 atom stereocenters. The fraction of sp³-hybridized carbons (Fsp3) is 0.600. The van der Waals surface area contributed by atoms with Crippen LogP contribution >= 0.6 is 0 Å². The van der Waals surface area contributed by atoms with Crippen LogP contribution in [0, 0.1) is 5.92 Å². The highest BCUT2D eigenvalue weighted by atomic mass is 16.5. The molecule has 1 N–H and O–H groups in total. The Bertz CT molecular complexity index is 634. The van der Waals surface area contributed by atoms with Crippen LogP contribution in [0.2, 0.25) is 0 Å². The van der Waals surface area contributed by atoms with Crippen LogP contribution in [0.1, 0.15) is 44.2 Å². The Balaban J connectivity index is 1.69. The Kier molecular flexibility index (Phi) is 6.14. The zero-order valence-electron chi connectivity index (χ0n) is 15.4. The number of piperidine rings is 1. The maximum atomic E-state index is 12.6. The molecule has 2 aliphatic rings. The first-order chi connectivity index (χ1) is 12.6. The van der Waals surface area contributed by atoms with Gasteiger partial charge in [-0.2, -0.15) is 0 Å². The van der Waals surface area contributed by atoms with Crippen LogP contribution in [0.15, 0.2) is 24.3 Å². The number of para-hydroxylation sites is 1. The number of benzene rings is 1. The monoisotopic (exact) mass is 360 g/mol. The predicted octanol–water partition coefficient (Wildman–Crippen LogP) is 2.55. The van der Waals surface area contributed by atoms with E-state index < -0.39 is 12.0 Å². The summed E-state index contributed by atoms with van der Waals surface area (Å²) in [4.78, 5) is 28.5. The minimum Gasteiger partial charge on any atom is -0.494 e. The second kappa shape index (κ2) is 8.54. The van der Waals surface area contributed by atoms with Crippen LogP contribution in [-0.2, 0) is 9.59 Å². The van der Waals surface area contributed by atoms with E-state index in [1.54, 1.807) is 0 Å². The molecule has 1 amide bonds. The van der Waals surface area contributed by atoms with E-state index in [0.717, 1.165) is 38.8 Å². The summed E-state index contributed by atoms with van der Waals surface area (Å²) in [5.41, 5.74) is 0.686. The fourth-order valence-electron chi connectivity index (χ4n) is 4.08. The molecule has 6 nitrogen and oxygen atoms in total. The maximum absolute atomic E-state index is 12.6. The number of carbonyl (C=O) groups excluding carboxylic acids is 1. The van der Waals surface area contributed by atoms with Gasteiger partial charge in [0.05, 0.1) is 6.61 Å². The van der Waals surface area contributed by atoms with Crippen LogP contribution in [-0.4, -0.2) is 59.6 Å². The number of nitrogens with zero attached hydrogens (tertiary/aromatic N) is 2. The first-order valence-corrected chi connectivity index (χ1v) is 9.59. The normalized spacial score (nSPS) is 20.1. The van der Waals surface area contributed by atoms with Crippen molar-refractivity contribution in [3.05, 3.63) is 29.8 Å². The van der Waals surface area contributed by atoms with Crippen LogP contribution in [0.25, 0.3) is 0 Å². The molecule has 0 saturated carbocycles. The lowest BCUT2D eigenvalue weighted by Crippen LogP contribution is -2.44. The summed E-state index contributed by atoms with van der Waals surface area (Å²) in [5.74, 6) is 0.0313. The quantitative estimate of drug-likeness (QED) is 0.844. The number of aliphatic carboxylic acids is 1. The third kappa shape index (κ3) is 4.01. The average Bonchev–Trinajstić information content (AvgIpc) is 3.18. The Morgan fingerprint density at radius 3 is 2.42 bits per heavy atom. The minimum atomic E-state index is -0.874. The molecule has 0 spiro atoms. The average molecular weight is 360 g/mol. The lowest BCUT2D eigenvalue weighted by Gasteiger charge is -2.36. The highest BCUT2D eigenvalue weighted by Crippen LogP contribution is 2.33. The number of carbonyl (C=O) groups is 2. The SMILES string of the molecule is CCOc1ccccc1[C@@H](C(=O)O)N1CCC(C(=O)N2CCCC2)CC1. The van der Waals surface area contributed by atoms with Gasteiger partial charge in [0.2, 0.25) is 5.91 Å². The van der Waals surface area contributed by atoms with Gasteiger partial charge in [-0.25, -0.2) is 0 Å². The summed E-state index contributed by atoms with van der Waals surface area (Å²) in [5, 5.41) is 9.85. The molecule has 1 aromatic carbocycles. The molecule has 26 heavy (non-hydrogen) atoms. The van der Waals surface area contributed by atoms with Gasteiger partial charge in [0.1, 0.15) is 11.8 Å². The number of carboxylic acids is 1. The minimum absolute atomic E-state index is 0.0286. The second-order valence-electron chi connectivity index (χ2n) is 7.05. The van der Waals surface area contributed by atoms with E-state index in [4.69, 9.17) is 4.74 Å². The molecule has 2 aliphatic heterocycles. The lowest BCUT2D eigenvalue weighted by molar-refractivity contribution is -0.145. The molecule has 0 aliphatic carbocycles. The molecular weight excluding hydrogens is 332 g/mol. The zero-order chi connectivity index (χ0) is 18.5. The highest BCUT2D eigenvalue weighted by molar-refractivity contribution is 5.79. The molecule has 2 heterocycles. The van der Waals surface area contributed by atoms with Crippen LogP contribution in [0.3, 0.4) is 0 Å². The van der Waals surface area contributed by atoms with Gasteiger partial charge in [0, 0.05) is 37.7 Å². The van der Waals surface area contributed by atoms with Gasteiger partial charge in [-0.3, -0.25) is 14.5 Å². The first kappa shape index (κ1) is 18.7. The lowest BCUT2D eigenvalue weighted by atomic mass is 9.92. The largest absolute Gasteiger partial charge is 0.494 e. The van der Waals surface area contributed by atoms with Crippen molar-refractivity contribution in [2.24, 2.45) is 5.92 Å². The molecule has 6 heteroatoms. The van der Waals surface area contributed by atoms with Gasteiger partial charge in [0.15, 0.2) is 0 Å². The summed E-state index contributed by atoms with van der Waals surface area (Å²) in [6.07, 6.45) is 3.63. The van der Waals surface area contributed by atoms with Crippen molar-refractivity contribution in [2.45, 2.75) is 38.6 Å². The van der Waals surface area contributed by atoms with Crippen molar-refractivity contribution < 1.29 is 19.4 Å². The van der Waals surface area contributed by atoms with E-state index in [9.17, 15) is 14.7 Å². The van der Waals surface area contributed by atoms with Crippen molar-refractivity contribution in [1.82, 2.24) is 9.80 Å². The summed E-state index contributed by atoms with van der Waals surface area (Å²) in [7, 11) is 0. The number of carboxylic acid groups (broad SMARTS) is 1. The molecule has 0 radical (unpaired) electrons. The van der Waals surface area contributed by atoms with Crippen molar-refractivity contribution in [3.8, 4) is 5.75 Å². The van der Waals surface area contributed by atoms with E-state index in [-0.39, 0.29) is 11.8 Å². The number of rotatable bonds is 6. The van der Waals surface area contributed by atoms with E-state index in [1.165, 1.54) is 0 Å². The summed E-state index contributed by atoms with van der Waals surface area (Å²) in [6.45, 7) is 5.36. The van der Waals surface area contributed by atoms with Gasteiger partial charge in [-0.1, -0.05) is 18.2 Å². The van der Waals surface area contributed by atoms with Crippen LogP contribution < -0.4 is 4.74 Å². The number of hydrogen-bond acceptors (Lipinski definition) is 4. The second-order valence-corrected chi connectivity index (χ2v) is 7.05. The molecule has 0 unspecified atom stereocenters. The summed E-state index contributed by atoms with van der Waals surface area (Å²) in [6, 6.07) is 6.61. The Labute approximate surface area is 154 Å². The Morgan fingerprint density at radius 1 is 1.15 bits per heavy atom. The Morgan fingerprint density at radius 2 is 1.81 bits per heavy atom. The van der Waals surface area contributed by atoms with E-state index in [0.29, 0.717) is 31.0 Å². The van der Waals surface area contributed by atoms with Crippen molar-refractivity contribution in [3.63, 3.8) is 0 Å². The van der Waals surface area contributed by atoms with Crippen molar-refractivity contribution >= 4 is 11.9 Å². The number of likely N-dealkylation sites (tertiary alicyclic amines) is 2. The highest BCUT2D eigenvalue weighted by Gasteiger charge is 2.36.